The first-order valence-electron chi connectivity index (χ1n) is 7.45. The van der Waals surface area contributed by atoms with Crippen LogP contribution in [0.15, 0.2) is 31.1 Å². The third-order valence-electron chi connectivity index (χ3n) is 5.66. The third kappa shape index (κ3) is 3.54. The summed E-state index contributed by atoms with van der Waals surface area (Å²) >= 11 is -0.227. The van der Waals surface area contributed by atoms with Crippen LogP contribution >= 0.6 is 24.8 Å². The summed E-state index contributed by atoms with van der Waals surface area (Å²) in [7, 11) is 0. The van der Waals surface area contributed by atoms with Crippen LogP contribution in [0, 0.1) is 5.41 Å². The maximum atomic E-state index is 2.58. The predicted octanol–water partition coefficient (Wildman–Crippen LogP) is 5.95. The normalized spacial score (nSPS) is 27.6. The van der Waals surface area contributed by atoms with Crippen molar-refractivity contribution in [1.29, 1.82) is 0 Å². The van der Waals surface area contributed by atoms with Crippen molar-refractivity contribution in [2.24, 2.45) is 5.41 Å². The number of rotatable bonds is 2. The van der Waals surface area contributed by atoms with Gasteiger partial charge in [0.1, 0.15) is 0 Å². The third-order valence-corrected chi connectivity index (χ3v) is 16.7. The van der Waals surface area contributed by atoms with Gasteiger partial charge < -0.3 is 0 Å². The topological polar surface area (TPSA) is 0 Å². The molecule has 0 amide bonds. The van der Waals surface area contributed by atoms with Gasteiger partial charge in [0, 0.05) is 0 Å². The van der Waals surface area contributed by atoms with E-state index >= 15 is 0 Å². The van der Waals surface area contributed by atoms with Gasteiger partial charge in [0.25, 0.3) is 0 Å². The fraction of sp³-hybridized carbons (Fsp3) is 0.611. The summed E-state index contributed by atoms with van der Waals surface area (Å²) in [5.74, 6) is 0. The van der Waals surface area contributed by atoms with Crippen LogP contribution in [0.1, 0.15) is 62.3 Å². The summed E-state index contributed by atoms with van der Waals surface area (Å²) in [5, 5.41) is 0. The molecule has 1 aliphatic heterocycles. The Balaban J connectivity index is 0.00000220. The van der Waals surface area contributed by atoms with Crippen molar-refractivity contribution in [3.05, 3.63) is 31.1 Å². The van der Waals surface area contributed by atoms with E-state index in [-0.39, 0.29) is 24.8 Å². The van der Waals surface area contributed by atoms with Gasteiger partial charge in [0.2, 0.25) is 0 Å². The molecule has 124 valence electrons. The standard InChI is InChI=1S/C10H15.C8H12As.2ClH.Zr/c1-7-6-10(4,5)9(3)8(7)2;1-5-6(2)8(4)9-7(5)3;;;/h1-5H3;1-4H3;2*1H;. The summed E-state index contributed by atoms with van der Waals surface area (Å²) < 4.78 is 4.17. The summed E-state index contributed by atoms with van der Waals surface area (Å²) in [5.41, 5.74) is 8.50. The molecule has 0 N–H and O–H groups in total. The first-order chi connectivity index (χ1) is 9.02. The molecule has 0 fully saturated rings. The average molecular weight is 482 g/mol. The largest absolute Gasteiger partial charge is 0.147 e. The molecule has 0 nitrogen and oxygen atoms in total. The van der Waals surface area contributed by atoms with Gasteiger partial charge in [-0.2, -0.15) is 0 Å². The predicted molar refractivity (Wildman–Crippen MR) is 103 cm³/mol. The van der Waals surface area contributed by atoms with Gasteiger partial charge in [-0.15, -0.1) is 24.8 Å². The van der Waals surface area contributed by atoms with E-state index in [9.17, 15) is 0 Å². The Kier molecular flexibility index (Phi) is 7.94. The minimum Gasteiger partial charge on any atom is -0.147 e. The molecular formula is C18H29AsCl2Zr. The zero-order valence-electron chi connectivity index (χ0n) is 15.3. The van der Waals surface area contributed by atoms with Gasteiger partial charge in [-0.05, 0) is 0 Å². The van der Waals surface area contributed by atoms with E-state index in [4.69, 9.17) is 0 Å². The molecule has 0 spiro atoms. The molecule has 2 rings (SSSR count). The quantitative estimate of drug-likeness (QED) is 0.427. The first-order valence-corrected chi connectivity index (χ1v) is 11.8. The molecule has 0 saturated heterocycles. The summed E-state index contributed by atoms with van der Waals surface area (Å²) in [6.45, 7) is 21.7. The number of hydrogen-bond acceptors (Lipinski definition) is 0. The van der Waals surface area contributed by atoms with Gasteiger partial charge >= 0.3 is 144 Å². The van der Waals surface area contributed by atoms with Crippen LogP contribution in [0.2, 0.25) is 1.91 Å². The molecule has 0 saturated carbocycles. The molecular weight excluding hydrogens is 453 g/mol. The van der Waals surface area contributed by atoms with E-state index in [1.165, 1.54) is 0 Å². The van der Waals surface area contributed by atoms with E-state index < -0.39 is 23.2 Å². The van der Waals surface area contributed by atoms with Gasteiger partial charge in [-0.1, -0.05) is 0 Å². The van der Waals surface area contributed by atoms with Crippen molar-refractivity contribution in [3.63, 3.8) is 0 Å². The van der Waals surface area contributed by atoms with Gasteiger partial charge in [0.15, 0.2) is 0 Å². The van der Waals surface area contributed by atoms with Crippen LogP contribution in [-0.2, 0) is 23.2 Å². The van der Waals surface area contributed by atoms with Crippen LogP contribution in [0.3, 0.4) is 0 Å². The van der Waals surface area contributed by atoms with E-state index in [2.05, 4.69) is 62.3 Å². The van der Waals surface area contributed by atoms with Crippen molar-refractivity contribution < 1.29 is 23.2 Å². The Morgan fingerprint density at radius 1 is 0.727 bits per heavy atom. The Labute approximate surface area is 167 Å². The number of hydrogen-bond donors (Lipinski definition) is 0. The Hall–Kier alpha value is 1.11. The Bertz CT molecular complexity index is 609. The fourth-order valence-corrected chi connectivity index (χ4v) is 14.8. The Morgan fingerprint density at radius 2 is 1.23 bits per heavy atom. The van der Waals surface area contributed by atoms with Crippen molar-refractivity contribution in [2.45, 2.75) is 64.2 Å². The molecule has 0 radical (unpaired) electrons. The zero-order valence-corrected chi connectivity index (χ0v) is 21.2. The molecule has 1 aliphatic carbocycles. The molecule has 1 heterocycles. The molecule has 1 atom stereocenters. The van der Waals surface area contributed by atoms with Crippen LogP contribution in [0.4, 0.5) is 0 Å². The molecule has 2 aliphatic rings. The summed E-state index contributed by atoms with van der Waals surface area (Å²) in [6.07, 6.45) is 0. The first kappa shape index (κ1) is 23.1. The molecule has 4 heteroatoms. The minimum atomic E-state index is -0.596. The van der Waals surface area contributed by atoms with Crippen molar-refractivity contribution in [2.75, 3.05) is 0 Å². The second-order valence-electron chi connectivity index (χ2n) is 7.02. The molecule has 0 aromatic rings. The maximum Gasteiger partial charge on any atom is -0.147 e. The maximum absolute atomic E-state index is 2.58. The van der Waals surface area contributed by atoms with E-state index in [1.54, 1.807) is 32.2 Å². The van der Waals surface area contributed by atoms with Crippen LogP contribution in [0.5, 0.6) is 0 Å². The van der Waals surface area contributed by atoms with Crippen molar-refractivity contribution in [1.82, 2.24) is 0 Å². The Morgan fingerprint density at radius 3 is 1.55 bits per heavy atom. The van der Waals surface area contributed by atoms with Gasteiger partial charge in [-0.3, -0.25) is 0 Å². The van der Waals surface area contributed by atoms with E-state index in [1.807, 2.05) is 3.28 Å². The minimum absolute atomic E-state index is 0. The SMILES string of the molecule is CC1=[As][C](C)([Zr][C]2=C(C)C(C)=C(C)C2(C)C)C(C)=C1C.Cl.Cl. The zero-order chi connectivity index (χ0) is 15.5. The van der Waals surface area contributed by atoms with E-state index in [0.29, 0.717) is 22.6 Å². The van der Waals surface area contributed by atoms with Crippen molar-refractivity contribution >= 4 is 44.4 Å². The van der Waals surface area contributed by atoms with Crippen LogP contribution in [-0.4, -0.2) is 19.6 Å². The summed E-state index contributed by atoms with van der Waals surface area (Å²) in [4.78, 5) is 0. The summed E-state index contributed by atoms with van der Waals surface area (Å²) in [6, 6.07) is 0. The molecule has 1 unspecified atom stereocenters. The monoisotopic (exact) mass is 480 g/mol. The second kappa shape index (κ2) is 7.56. The van der Waals surface area contributed by atoms with E-state index in [0.717, 1.165) is 0 Å². The fourth-order valence-electron chi connectivity index (χ4n) is 3.35. The van der Waals surface area contributed by atoms with Crippen LogP contribution in [0.25, 0.3) is 0 Å². The molecule has 22 heavy (non-hydrogen) atoms. The molecule has 0 aromatic heterocycles. The van der Waals surface area contributed by atoms with Crippen molar-refractivity contribution in [3.8, 4) is 0 Å². The number of halogens is 2. The van der Waals surface area contributed by atoms with Gasteiger partial charge in [0.05, 0.1) is 0 Å². The number of allylic oxidation sites excluding steroid dienone is 6. The molecule has 0 aromatic carbocycles. The smallest absolute Gasteiger partial charge is 0.147 e. The average Bonchev–Trinajstić information content (AvgIpc) is 2.64. The van der Waals surface area contributed by atoms with Crippen LogP contribution < -0.4 is 0 Å². The molecule has 0 bridgehead atoms. The van der Waals surface area contributed by atoms with Gasteiger partial charge in [-0.25, -0.2) is 0 Å². The second-order valence-corrected chi connectivity index (χ2v) is 17.3.